The van der Waals surface area contributed by atoms with Gasteiger partial charge in [-0.2, -0.15) is 0 Å². The number of hydrogen-bond donors (Lipinski definition) is 0. The van der Waals surface area contributed by atoms with Crippen molar-refractivity contribution in [1.82, 2.24) is 9.80 Å². The second-order valence-electron chi connectivity index (χ2n) is 5.68. The topological polar surface area (TPSA) is 23.6 Å². The van der Waals surface area contributed by atoms with Gasteiger partial charge in [0.1, 0.15) is 0 Å². The van der Waals surface area contributed by atoms with Gasteiger partial charge in [-0.1, -0.05) is 36.8 Å². The highest BCUT2D eigenvalue weighted by Crippen LogP contribution is 2.07. The van der Waals surface area contributed by atoms with E-state index >= 15 is 0 Å². The number of aryl methyl sites for hydroxylation is 1. The number of nitrogens with zero attached hydrogens (tertiary/aromatic N) is 2. The summed E-state index contributed by atoms with van der Waals surface area (Å²) in [5.41, 5.74) is 2.03. The third kappa shape index (κ3) is 6.31. The molecule has 1 aromatic rings. The molecule has 0 amide bonds. The second-order valence-corrected chi connectivity index (χ2v) is 5.68. The molecule has 0 aliphatic rings. The van der Waals surface area contributed by atoms with Crippen molar-refractivity contribution < 1.29 is 4.79 Å². The van der Waals surface area contributed by atoms with Gasteiger partial charge in [0.15, 0.2) is 5.78 Å². The summed E-state index contributed by atoms with van der Waals surface area (Å²) in [5, 5.41) is 0. The van der Waals surface area contributed by atoms with Crippen LogP contribution in [0.1, 0.15) is 35.7 Å². The quantitative estimate of drug-likeness (QED) is 0.648. The SMILES string of the molecule is CCCN(CCC(=O)c1ccc(C)cc1)CCN(C)C. The monoisotopic (exact) mass is 276 g/mol. The van der Waals surface area contributed by atoms with Crippen LogP contribution in [0.5, 0.6) is 0 Å². The highest BCUT2D eigenvalue weighted by Gasteiger charge is 2.09. The molecule has 112 valence electrons. The van der Waals surface area contributed by atoms with E-state index in [1.807, 2.05) is 31.2 Å². The van der Waals surface area contributed by atoms with Gasteiger partial charge >= 0.3 is 0 Å². The Hall–Kier alpha value is -1.19. The first-order chi connectivity index (χ1) is 9.52. The number of likely N-dealkylation sites (N-methyl/N-ethyl adjacent to an activating group) is 1. The predicted octanol–water partition coefficient (Wildman–Crippen LogP) is 2.84. The zero-order chi connectivity index (χ0) is 15.0. The Kier molecular flexibility index (Phi) is 7.48. The molecular weight excluding hydrogens is 248 g/mol. The van der Waals surface area contributed by atoms with Crippen LogP contribution < -0.4 is 0 Å². The van der Waals surface area contributed by atoms with Crippen LogP contribution in [0.3, 0.4) is 0 Å². The molecule has 0 aliphatic heterocycles. The van der Waals surface area contributed by atoms with Crippen molar-refractivity contribution >= 4 is 5.78 Å². The molecule has 0 N–H and O–H groups in total. The maximum absolute atomic E-state index is 12.2. The van der Waals surface area contributed by atoms with Crippen LogP contribution in [0.2, 0.25) is 0 Å². The maximum Gasteiger partial charge on any atom is 0.164 e. The Labute approximate surface area is 123 Å². The lowest BCUT2D eigenvalue weighted by molar-refractivity contribution is 0.0962. The molecule has 0 saturated heterocycles. The summed E-state index contributed by atoms with van der Waals surface area (Å²) in [6.07, 6.45) is 1.74. The molecule has 3 heteroatoms. The van der Waals surface area contributed by atoms with Crippen molar-refractivity contribution in [3.05, 3.63) is 35.4 Å². The molecule has 0 radical (unpaired) electrons. The highest BCUT2D eigenvalue weighted by atomic mass is 16.1. The lowest BCUT2D eigenvalue weighted by atomic mass is 10.1. The molecule has 1 rings (SSSR count). The van der Waals surface area contributed by atoms with Gasteiger partial charge in [0.05, 0.1) is 0 Å². The van der Waals surface area contributed by atoms with E-state index in [4.69, 9.17) is 0 Å². The van der Waals surface area contributed by atoms with Crippen LogP contribution in [-0.2, 0) is 0 Å². The first-order valence-corrected chi connectivity index (χ1v) is 7.50. The van der Waals surface area contributed by atoms with Gasteiger partial charge in [0.25, 0.3) is 0 Å². The third-order valence-electron chi connectivity index (χ3n) is 3.43. The number of hydrogen-bond acceptors (Lipinski definition) is 3. The Morgan fingerprint density at radius 3 is 2.20 bits per heavy atom. The van der Waals surface area contributed by atoms with Crippen LogP contribution in [0.15, 0.2) is 24.3 Å². The molecule has 20 heavy (non-hydrogen) atoms. The molecule has 0 bridgehead atoms. The molecule has 0 heterocycles. The van der Waals surface area contributed by atoms with E-state index in [1.165, 1.54) is 5.56 Å². The van der Waals surface area contributed by atoms with Gasteiger partial charge in [-0.05, 0) is 34.0 Å². The number of carbonyl (C=O) groups is 1. The number of carbonyl (C=O) groups excluding carboxylic acids is 1. The van der Waals surface area contributed by atoms with Gasteiger partial charge in [0.2, 0.25) is 0 Å². The third-order valence-corrected chi connectivity index (χ3v) is 3.43. The van der Waals surface area contributed by atoms with Gasteiger partial charge in [-0.3, -0.25) is 4.79 Å². The molecule has 0 fully saturated rings. The van der Waals surface area contributed by atoms with E-state index in [-0.39, 0.29) is 5.78 Å². The Morgan fingerprint density at radius 1 is 1.00 bits per heavy atom. The van der Waals surface area contributed by atoms with Crippen molar-refractivity contribution in [3.8, 4) is 0 Å². The van der Waals surface area contributed by atoms with Gasteiger partial charge in [-0.15, -0.1) is 0 Å². The number of benzene rings is 1. The maximum atomic E-state index is 12.2. The minimum absolute atomic E-state index is 0.246. The van der Waals surface area contributed by atoms with Crippen LogP contribution in [0.25, 0.3) is 0 Å². The fourth-order valence-corrected chi connectivity index (χ4v) is 2.14. The first-order valence-electron chi connectivity index (χ1n) is 7.50. The smallest absolute Gasteiger partial charge is 0.164 e. The molecule has 0 spiro atoms. The minimum Gasteiger partial charge on any atom is -0.308 e. The summed E-state index contributed by atoms with van der Waals surface area (Å²) in [4.78, 5) is 16.7. The molecule has 3 nitrogen and oxygen atoms in total. The zero-order valence-corrected chi connectivity index (χ0v) is 13.4. The largest absolute Gasteiger partial charge is 0.308 e. The summed E-state index contributed by atoms with van der Waals surface area (Å²) in [6.45, 7) is 8.22. The number of rotatable bonds is 9. The van der Waals surface area contributed by atoms with Gasteiger partial charge < -0.3 is 9.80 Å². The van der Waals surface area contributed by atoms with Crippen molar-refractivity contribution in [2.24, 2.45) is 0 Å². The van der Waals surface area contributed by atoms with Gasteiger partial charge in [0, 0.05) is 31.6 Å². The molecular formula is C17H28N2O. The molecule has 0 aromatic heterocycles. The van der Waals surface area contributed by atoms with Crippen LogP contribution in [0, 0.1) is 6.92 Å². The van der Waals surface area contributed by atoms with Crippen molar-refractivity contribution in [2.75, 3.05) is 40.3 Å². The molecule has 0 saturated carbocycles. The summed E-state index contributed by atoms with van der Waals surface area (Å²) >= 11 is 0. The highest BCUT2D eigenvalue weighted by molar-refractivity contribution is 5.96. The number of ketones is 1. The van der Waals surface area contributed by atoms with E-state index in [0.29, 0.717) is 6.42 Å². The summed E-state index contributed by atoms with van der Waals surface area (Å²) < 4.78 is 0. The fourth-order valence-electron chi connectivity index (χ4n) is 2.14. The van der Waals surface area contributed by atoms with E-state index in [2.05, 4.69) is 30.8 Å². The molecule has 1 aromatic carbocycles. The Bertz CT molecular complexity index is 398. The standard InChI is InChI=1S/C17H28N2O/c1-5-11-19(14-13-18(3)4)12-10-17(20)16-8-6-15(2)7-9-16/h6-9H,5,10-14H2,1-4H3. The van der Waals surface area contributed by atoms with Crippen LogP contribution >= 0.6 is 0 Å². The Balaban J connectivity index is 2.45. The van der Waals surface area contributed by atoms with E-state index in [0.717, 1.165) is 38.2 Å². The first kappa shape index (κ1) is 16.9. The molecule has 0 aliphatic carbocycles. The summed E-state index contributed by atoms with van der Waals surface area (Å²) in [5.74, 6) is 0.246. The Morgan fingerprint density at radius 2 is 1.65 bits per heavy atom. The normalized spacial score (nSPS) is 11.3. The summed E-state index contributed by atoms with van der Waals surface area (Å²) in [7, 11) is 4.17. The zero-order valence-electron chi connectivity index (χ0n) is 13.4. The molecule has 0 unspecified atom stereocenters. The van der Waals surface area contributed by atoms with E-state index < -0.39 is 0 Å². The van der Waals surface area contributed by atoms with Crippen LogP contribution in [-0.4, -0.2) is 55.9 Å². The van der Waals surface area contributed by atoms with Gasteiger partial charge in [-0.25, -0.2) is 0 Å². The average molecular weight is 276 g/mol. The van der Waals surface area contributed by atoms with Crippen molar-refractivity contribution in [3.63, 3.8) is 0 Å². The van der Waals surface area contributed by atoms with Crippen molar-refractivity contribution in [2.45, 2.75) is 26.7 Å². The second kappa shape index (κ2) is 8.88. The average Bonchev–Trinajstić information content (AvgIpc) is 2.42. The summed E-state index contributed by atoms with van der Waals surface area (Å²) in [6, 6.07) is 7.87. The number of Topliss-reactive ketones (excluding diaryl/α,β-unsaturated/α-hetero) is 1. The lowest BCUT2D eigenvalue weighted by Crippen LogP contribution is -2.34. The molecule has 0 atom stereocenters. The minimum atomic E-state index is 0.246. The van der Waals surface area contributed by atoms with Crippen molar-refractivity contribution in [1.29, 1.82) is 0 Å². The predicted molar refractivity (Wildman–Crippen MR) is 85.4 cm³/mol. The van der Waals surface area contributed by atoms with E-state index in [9.17, 15) is 4.79 Å². The van der Waals surface area contributed by atoms with E-state index in [1.54, 1.807) is 0 Å². The van der Waals surface area contributed by atoms with Crippen LogP contribution in [0.4, 0.5) is 0 Å². The lowest BCUT2D eigenvalue weighted by Gasteiger charge is -2.23. The fraction of sp³-hybridized carbons (Fsp3) is 0.588.